The van der Waals surface area contributed by atoms with Gasteiger partial charge in [0.15, 0.2) is 0 Å². The third-order valence-electron chi connectivity index (χ3n) is 3.85. The van der Waals surface area contributed by atoms with E-state index in [1.807, 2.05) is 12.1 Å². The van der Waals surface area contributed by atoms with Crippen molar-refractivity contribution in [3.63, 3.8) is 0 Å². The molecule has 1 atom stereocenters. The number of rotatable bonds is 3. The van der Waals surface area contributed by atoms with Crippen molar-refractivity contribution in [1.82, 2.24) is 4.90 Å². The van der Waals surface area contributed by atoms with E-state index in [-0.39, 0.29) is 12.5 Å². The molecule has 3 rings (SSSR count). The summed E-state index contributed by atoms with van der Waals surface area (Å²) in [6.07, 6.45) is 0.506. The van der Waals surface area contributed by atoms with E-state index in [0.29, 0.717) is 27.9 Å². The van der Waals surface area contributed by atoms with Gasteiger partial charge in [0, 0.05) is 18.0 Å². The first-order valence-electron chi connectivity index (χ1n) is 7.03. The summed E-state index contributed by atoms with van der Waals surface area (Å²) >= 11 is 13.3. The van der Waals surface area contributed by atoms with Crippen LogP contribution in [0.25, 0.3) is 10.4 Å². The third-order valence-corrected chi connectivity index (χ3v) is 5.71. The molecule has 1 aromatic carbocycles. The van der Waals surface area contributed by atoms with Gasteiger partial charge in [0.2, 0.25) is 0 Å². The molecular formula is C16H13Cl2NO3S. The van der Waals surface area contributed by atoms with Crippen LogP contribution in [0, 0.1) is 5.92 Å². The lowest BCUT2D eigenvalue weighted by atomic mass is 10.1. The molecule has 0 spiro atoms. The maximum absolute atomic E-state index is 12.5. The summed E-state index contributed by atoms with van der Waals surface area (Å²) in [7, 11) is 0. The van der Waals surface area contributed by atoms with Gasteiger partial charge < -0.3 is 10.0 Å². The van der Waals surface area contributed by atoms with Crippen LogP contribution in [0.5, 0.6) is 0 Å². The van der Waals surface area contributed by atoms with E-state index in [1.54, 1.807) is 23.1 Å². The third kappa shape index (κ3) is 3.37. The van der Waals surface area contributed by atoms with Gasteiger partial charge in [-0.25, -0.2) is 0 Å². The molecule has 1 fully saturated rings. The highest BCUT2D eigenvalue weighted by molar-refractivity contribution is 7.17. The molecule has 1 N–H and O–H groups in total. The molecule has 2 heterocycles. The molecule has 0 aliphatic carbocycles. The number of carbonyl (C=O) groups is 2. The van der Waals surface area contributed by atoms with Crippen molar-refractivity contribution in [2.45, 2.75) is 6.42 Å². The van der Waals surface area contributed by atoms with Gasteiger partial charge in [0.05, 0.1) is 20.8 Å². The van der Waals surface area contributed by atoms with Gasteiger partial charge in [-0.05, 0) is 36.2 Å². The summed E-state index contributed by atoms with van der Waals surface area (Å²) < 4.78 is 0. The maximum Gasteiger partial charge on any atom is 0.308 e. The molecule has 1 aromatic heterocycles. The maximum atomic E-state index is 12.5. The van der Waals surface area contributed by atoms with Crippen molar-refractivity contribution in [3.8, 4) is 10.4 Å². The van der Waals surface area contributed by atoms with Crippen molar-refractivity contribution in [2.75, 3.05) is 13.1 Å². The average molecular weight is 370 g/mol. The quantitative estimate of drug-likeness (QED) is 0.878. The molecule has 1 amide bonds. The minimum Gasteiger partial charge on any atom is -0.481 e. The van der Waals surface area contributed by atoms with Crippen molar-refractivity contribution >= 4 is 46.4 Å². The fourth-order valence-corrected chi connectivity index (χ4v) is 3.83. The first-order chi connectivity index (χ1) is 11.0. The molecule has 23 heavy (non-hydrogen) atoms. The van der Waals surface area contributed by atoms with Crippen LogP contribution in [0.15, 0.2) is 30.3 Å². The second-order valence-corrected chi connectivity index (χ2v) is 7.27. The number of carboxylic acids is 1. The number of hydrogen-bond donors (Lipinski definition) is 1. The van der Waals surface area contributed by atoms with E-state index in [0.717, 1.165) is 10.4 Å². The van der Waals surface area contributed by atoms with Crippen LogP contribution in [0.2, 0.25) is 10.0 Å². The number of halogens is 2. The molecule has 1 unspecified atom stereocenters. The van der Waals surface area contributed by atoms with Crippen LogP contribution < -0.4 is 0 Å². The van der Waals surface area contributed by atoms with Crippen LogP contribution in [-0.4, -0.2) is 35.0 Å². The lowest BCUT2D eigenvalue weighted by molar-refractivity contribution is -0.141. The Labute approximate surface area is 147 Å². The summed E-state index contributed by atoms with van der Waals surface area (Å²) in [6, 6.07) is 8.96. The first-order valence-corrected chi connectivity index (χ1v) is 8.60. The van der Waals surface area contributed by atoms with E-state index in [4.69, 9.17) is 28.3 Å². The molecule has 4 nitrogen and oxygen atoms in total. The Balaban J connectivity index is 1.78. The Morgan fingerprint density at radius 2 is 1.96 bits per heavy atom. The van der Waals surface area contributed by atoms with E-state index < -0.39 is 11.9 Å². The fourth-order valence-electron chi connectivity index (χ4n) is 2.56. The van der Waals surface area contributed by atoms with E-state index in [1.165, 1.54) is 11.3 Å². The molecule has 0 radical (unpaired) electrons. The molecule has 1 saturated heterocycles. The van der Waals surface area contributed by atoms with Gasteiger partial charge in [-0.1, -0.05) is 29.3 Å². The second-order valence-electron chi connectivity index (χ2n) is 5.37. The highest BCUT2D eigenvalue weighted by atomic mass is 35.5. The van der Waals surface area contributed by atoms with Gasteiger partial charge in [0.25, 0.3) is 5.91 Å². The fraction of sp³-hybridized carbons (Fsp3) is 0.250. The smallest absolute Gasteiger partial charge is 0.308 e. The monoisotopic (exact) mass is 369 g/mol. The minimum atomic E-state index is -0.844. The number of hydrogen-bond acceptors (Lipinski definition) is 3. The predicted molar refractivity (Wildman–Crippen MR) is 91.4 cm³/mol. The van der Waals surface area contributed by atoms with E-state index in [9.17, 15) is 9.59 Å². The standard InChI is InChI=1S/C16H13Cl2NO3S/c17-11-2-1-9(7-12(11)18)13-3-4-14(23-13)15(20)19-6-5-10(8-19)16(21)22/h1-4,7,10H,5-6,8H2,(H,21,22). The van der Waals surface area contributed by atoms with Crippen LogP contribution >= 0.6 is 34.5 Å². The largest absolute Gasteiger partial charge is 0.481 e. The van der Waals surface area contributed by atoms with Crippen molar-refractivity contribution < 1.29 is 14.7 Å². The Bertz CT molecular complexity index is 774. The average Bonchev–Trinajstić information content (AvgIpc) is 3.18. The summed E-state index contributed by atoms with van der Waals surface area (Å²) in [5.74, 6) is -1.43. The van der Waals surface area contributed by atoms with Gasteiger partial charge in [-0.2, -0.15) is 0 Å². The zero-order valence-electron chi connectivity index (χ0n) is 12.0. The van der Waals surface area contributed by atoms with Crippen LogP contribution in [0.3, 0.4) is 0 Å². The predicted octanol–water partition coefficient (Wildman–Crippen LogP) is 4.27. The number of thiophene rings is 1. The van der Waals surface area contributed by atoms with Crippen LogP contribution in [0.1, 0.15) is 16.1 Å². The number of amides is 1. The summed E-state index contributed by atoms with van der Waals surface area (Å²) in [5.41, 5.74) is 0.897. The molecule has 120 valence electrons. The van der Waals surface area contributed by atoms with Gasteiger partial charge in [0.1, 0.15) is 0 Å². The van der Waals surface area contributed by atoms with Crippen molar-refractivity contribution in [2.24, 2.45) is 5.92 Å². The number of likely N-dealkylation sites (tertiary alicyclic amines) is 1. The minimum absolute atomic E-state index is 0.120. The SMILES string of the molecule is O=C(O)C1CCN(C(=O)c2ccc(-c3ccc(Cl)c(Cl)c3)s2)C1. The summed E-state index contributed by atoms with van der Waals surface area (Å²) in [4.78, 5) is 26.6. The summed E-state index contributed by atoms with van der Waals surface area (Å²) in [6.45, 7) is 0.754. The topological polar surface area (TPSA) is 57.6 Å². The number of aliphatic carboxylic acids is 1. The number of nitrogens with zero attached hydrogens (tertiary/aromatic N) is 1. The highest BCUT2D eigenvalue weighted by Crippen LogP contribution is 2.33. The lowest BCUT2D eigenvalue weighted by Crippen LogP contribution is -2.29. The second kappa shape index (κ2) is 6.51. The Kier molecular flexibility index (Phi) is 4.62. The Hall–Kier alpha value is -1.56. The first kappa shape index (κ1) is 16.3. The lowest BCUT2D eigenvalue weighted by Gasteiger charge is -2.14. The number of carbonyl (C=O) groups excluding carboxylic acids is 1. The highest BCUT2D eigenvalue weighted by Gasteiger charge is 2.31. The molecule has 1 aliphatic rings. The molecule has 7 heteroatoms. The Morgan fingerprint density at radius 1 is 1.17 bits per heavy atom. The molecular weight excluding hydrogens is 357 g/mol. The zero-order chi connectivity index (χ0) is 16.6. The van der Waals surface area contributed by atoms with E-state index >= 15 is 0 Å². The zero-order valence-corrected chi connectivity index (χ0v) is 14.3. The van der Waals surface area contributed by atoms with Crippen LogP contribution in [0.4, 0.5) is 0 Å². The van der Waals surface area contributed by atoms with Crippen LogP contribution in [-0.2, 0) is 4.79 Å². The summed E-state index contributed by atoms with van der Waals surface area (Å²) in [5, 5.41) is 9.98. The molecule has 2 aromatic rings. The van der Waals surface area contributed by atoms with Gasteiger partial charge in [-0.3, -0.25) is 9.59 Å². The van der Waals surface area contributed by atoms with Gasteiger partial charge >= 0.3 is 5.97 Å². The Morgan fingerprint density at radius 3 is 2.61 bits per heavy atom. The molecule has 0 saturated carbocycles. The van der Waals surface area contributed by atoms with E-state index in [2.05, 4.69) is 0 Å². The molecule has 1 aliphatic heterocycles. The van der Waals surface area contributed by atoms with Gasteiger partial charge in [-0.15, -0.1) is 11.3 Å². The molecule has 0 bridgehead atoms. The van der Waals surface area contributed by atoms with Crippen molar-refractivity contribution in [3.05, 3.63) is 45.3 Å². The normalized spacial score (nSPS) is 17.5. The number of benzene rings is 1. The van der Waals surface area contributed by atoms with Crippen molar-refractivity contribution in [1.29, 1.82) is 0 Å². The number of carboxylic acid groups (broad SMARTS) is 1.